The van der Waals surface area contributed by atoms with Crippen LogP contribution in [0.2, 0.25) is 0 Å². The molecule has 1 aromatic carbocycles. The Morgan fingerprint density at radius 3 is 1.41 bits per heavy atom. The fourth-order valence-corrected chi connectivity index (χ4v) is 4.44. The van der Waals surface area contributed by atoms with Crippen LogP contribution in [0.25, 0.3) is 0 Å². The van der Waals surface area contributed by atoms with Crippen LogP contribution in [-0.4, -0.2) is 52.8 Å². The third-order valence-electron chi connectivity index (χ3n) is 5.27. The molecule has 0 radical (unpaired) electrons. The van der Waals surface area contributed by atoms with E-state index in [1.807, 2.05) is 0 Å². The number of rotatable bonds is 19. The van der Waals surface area contributed by atoms with Crippen molar-refractivity contribution in [3.05, 3.63) is 30.3 Å². The van der Waals surface area contributed by atoms with Crippen molar-refractivity contribution in [2.24, 2.45) is 0 Å². The zero-order valence-corrected chi connectivity index (χ0v) is 18.9. The molecule has 0 aromatic heterocycles. The summed E-state index contributed by atoms with van der Waals surface area (Å²) in [5.74, 6) is 0. The number of hydrogen-bond donors (Lipinski definition) is 0. The summed E-state index contributed by atoms with van der Waals surface area (Å²) in [7, 11) is -3.58. The van der Waals surface area contributed by atoms with Gasteiger partial charge in [0, 0.05) is 0 Å². The summed E-state index contributed by atoms with van der Waals surface area (Å²) in [6.45, 7) is 2.56. The van der Waals surface area contributed by atoms with Gasteiger partial charge in [-0.3, -0.25) is 4.18 Å². The standard InChI is InChI=1S/C24H42O3S.Ca.2H/c1-2-3-4-5-6-7-8-9-10-11-12-13-14-15-16-20-23-27-28(25,26)24-21-18-17-19-22-24;;;/h17-19,21-22H,2-16,20,23H2,1H3;;;. The van der Waals surface area contributed by atoms with Crippen molar-refractivity contribution in [3.8, 4) is 0 Å². The molecule has 29 heavy (non-hydrogen) atoms. The minimum absolute atomic E-state index is 0. The number of unbranched alkanes of at least 4 members (excludes halogenated alkanes) is 15. The van der Waals surface area contributed by atoms with Gasteiger partial charge in [0.05, 0.1) is 11.5 Å². The average Bonchev–Trinajstić information content (AvgIpc) is 2.71. The monoisotopic (exact) mass is 452 g/mol. The summed E-state index contributed by atoms with van der Waals surface area (Å²) in [4.78, 5) is 0.242. The van der Waals surface area contributed by atoms with Crippen molar-refractivity contribution in [2.75, 3.05) is 6.61 Å². The van der Waals surface area contributed by atoms with E-state index in [-0.39, 0.29) is 49.2 Å². The predicted octanol–water partition coefficient (Wildman–Crippen LogP) is 6.74. The summed E-state index contributed by atoms with van der Waals surface area (Å²) in [6, 6.07) is 8.37. The maximum absolute atomic E-state index is 12.0. The molecule has 0 atom stereocenters. The van der Waals surface area contributed by atoms with Gasteiger partial charge in [0.2, 0.25) is 0 Å². The summed E-state index contributed by atoms with van der Waals surface area (Å²) in [5, 5.41) is 0. The second kappa shape index (κ2) is 20.3. The van der Waals surface area contributed by atoms with Gasteiger partial charge < -0.3 is 0 Å². The maximum atomic E-state index is 12.0. The first kappa shape index (κ1) is 29.4. The number of hydrogen-bond acceptors (Lipinski definition) is 3. The van der Waals surface area contributed by atoms with Gasteiger partial charge in [-0.05, 0) is 18.6 Å². The van der Waals surface area contributed by atoms with E-state index in [1.165, 1.54) is 89.9 Å². The fourth-order valence-electron chi connectivity index (χ4n) is 3.47. The van der Waals surface area contributed by atoms with E-state index in [4.69, 9.17) is 4.18 Å². The van der Waals surface area contributed by atoms with Crippen molar-refractivity contribution >= 4 is 47.9 Å². The van der Waals surface area contributed by atoms with E-state index in [2.05, 4.69) is 6.92 Å². The summed E-state index contributed by atoms with van der Waals surface area (Å²) in [5.41, 5.74) is 0. The van der Waals surface area contributed by atoms with Gasteiger partial charge in [-0.1, -0.05) is 121 Å². The Morgan fingerprint density at radius 1 is 0.621 bits per heavy atom. The molecule has 0 heterocycles. The van der Waals surface area contributed by atoms with Gasteiger partial charge in [-0.2, -0.15) is 8.42 Å². The second-order valence-electron chi connectivity index (χ2n) is 7.89. The molecular formula is C24H44CaO3S. The molecule has 0 aliphatic rings. The Balaban J connectivity index is 0.00000784. The first-order chi connectivity index (χ1) is 13.7. The van der Waals surface area contributed by atoms with Crippen molar-refractivity contribution in [2.45, 2.75) is 115 Å². The first-order valence-electron chi connectivity index (χ1n) is 11.6. The molecule has 0 N–H and O–H groups in total. The van der Waals surface area contributed by atoms with Crippen LogP contribution in [0.5, 0.6) is 0 Å². The van der Waals surface area contributed by atoms with Crippen LogP contribution in [0.4, 0.5) is 0 Å². The normalized spacial score (nSPS) is 11.3. The molecule has 0 unspecified atom stereocenters. The summed E-state index contributed by atoms with van der Waals surface area (Å²) >= 11 is 0. The van der Waals surface area contributed by atoms with Crippen LogP contribution in [-0.2, 0) is 14.3 Å². The zero-order chi connectivity index (χ0) is 20.3. The van der Waals surface area contributed by atoms with E-state index in [9.17, 15) is 8.42 Å². The van der Waals surface area contributed by atoms with Gasteiger partial charge in [-0.25, -0.2) is 0 Å². The van der Waals surface area contributed by atoms with Gasteiger partial charge in [0.1, 0.15) is 0 Å². The van der Waals surface area contributed by atoms with Crippen molar-refractivity contribution < 1.29 is 12.6 Å². The van der Waals surface area contributed by atoms with Gasteiger partial charge in [0.25, 0.3) is 10.1 Å². The molecule has 0 spiro atoms. The molecule has 0 amide bonds. The van der Waals surface area contributed by atoms with Crippen LogP contribution in [0.15, 0.2) is 35.2 Å². The van der Waals surface area contributed by atoms with E-state index in [0.29, 0.717) is 0 Å². The molecule has 0 saturated heterocycles. The van der Waals surface area contributed by atoms with E-state index >= 15 is 0 Å². The molecular weight excluding hydrogens is 408 g/mol. The van der Waals surface area contributed by atoms with E-state index < -0.39 is 10.1 Å². The SMILES string of the molecule is CCCCCCCCCCCCCCCCCCOS(=O)(=O)c1ccccc1.[CaH2]. The Kier molecular flexibility index (Phi) is 20.6. The Labute approximate surface area is 210 Å². The van der Waals surface area contributed by atoms with Crippen molar-refractivity contribution in [1.82, 2.24) is 0 Å². The van der Waals surface area contributed by atoms with Crippen LogP contribution in [0, 0.1) is 0 Å². The van der Waals surface area contributed by atoms with E-state index in [1.54, 1.807) is 30.3 Å². The molecule has 0 fully saturated rings. The van der Waals surface area contributed by atoms with Crippen molar-refractivity contribution in [1.29, 1.82) is 0 Å². The predicted molar refractivity (Wildman–Crippen MR) is 128 cm³/mol. The minimum atomic E-state index is -3.58. The van der Waals surface area contributed by atoms with Crippen LogP contribution in [0.1, 0.15) is 110 Å². The van der Waals surface area contributed by atoms with Gasteiger partial charge >= 0.3 is 37.7 Å². The Hall–Kier alpha value is 0.390. The Morgan fingerprint density at radius 2 is 1.00 bits per heavy atom. The third-order valence-corrected chi connectivity index (χ3v) is 6.59. The Bertz CT molecular complexity index is 561. The second-order valence-corrected chi connectivity index (χ2v) is 9.51. The summed E-state index contributed by atoms with van der Waals surface area (Å²) < 4.78 is 29.0. The zero-order valence-electron chi connectivity index (χ0n) is 18.0. The van der Waals surface area contributed by atoms with Gasteiger partial charge in [-0.15, -0.1) is 0 Å². The molecule has 0 bridgehead atoms. The molecule has 0 saturated carbocycles. The first-order valence-corrected chi connectivity index (χ1v) is 13.0. The molecule has 166 valence electrons. The molecule has 5 heteroatoms. The van der Waals surface area contributed by atoms with E-state index in [0.717, 1.165) is 12.8 Å². The van der Waals surface area contributed by atoms with Crippen LogP contribution >= 0.6 is 0 Å². The molecule has 0 aliphatic carbocycles. The topological polar surface area (TPSA) is 43.4 Å². The van der Waals surface area contributed by atoms with Gasteiger partial charge in [0.15, 0.2) is 0 Å². The quantitative estimate of drug-likeness (QED) is 0.133. The third kappa shape index (κ3) is 16.7. The van der Waals surface area contributed by atoms with Crippen molar-refractivity contribution in [3.63, 3.8) is 0 Å². The number of benzene rings is 1. The molecule has 1 rings (SSSR count). The molecule has 0 aliphatic heterocycles. The fraction of sp³-hybridized carbons (Fsp3) is 0.750. The average molecular weight is 453 g/mol. The van der Waals surface area contributed by atoms with Crippen LogP contribution < -0.4 is 0 Å². The molecule has 1 aromatic rings. The molecule has 3 nitrogen and oxygen atoms in total. The summed E-state index contributed by atoms with van der Waals surface area (Å²) in [6.07, 6.45) is 20.9. The van der Waals surface area contributed by atoms with Crippen LogP contribution in [0.3, 0.4) is 0 Å².